The third-order valence-electron chi connectivity index (χ3n) is 4.78. The highest BCUT2D eigenvalue weighted by Gasteiger charge is 2.31. The summed E-state index contributed by atoms with van der Waals surface area (Å²) < 4.78 is 1.59. The van der Waals surface area contributed by atoms with Crippen LogP contribution in [0.2, 0.25) is 0 Å². The summed E-state index contributed by atoms with van der Waals surface area (Å²) in [6.07, 6.45) is 4.08. The molecule has 0 spiro atoms. The van der Waals surface area contributed by atoms with E-state index < -0.39 is 0 Å². The Morgan fingerprint density at radius 2 is 2.00 bits per heavy atom. The second kappa shape index (κ2) is 6.60. The molecule has 0 aromatic carbocycles. The number of nitrogens with zero attached hydrogens (tertiary/aromatic N) is 3. The number of rotatable bonds is 3. The molecular formula is C16H24N4O2. The summed E-state index contributed by atoms with van der Waals surface area (Å²) in [5.41, 5.74) is 0.843. The van der Waals surface area contributed by atoms with Crippen molar-refractivity contribution < 1.29 is 4.79 Å². The van der Waals surface area contributed by atoms with Crippen molar-refractivity contribution in [2.45, 2.75) is 45.2 Å². The molecule has 1 aromatic rings. The predicted octanol–water partition coefficient (Wildman–Crippen LogP) is 0.542. The second-order valence-electron chi connectivity index (χ2n) is 6.42. The molecule has 3 heterocycles. The van der Waals surface area contributed by atoms with E-state index in [1.807, 2.05) is 6.92 Å². The summed E-state index contributed by atoms with van der Waals surface area (Å²) in [6, 6.07) is 3.39. The van der Waals surface area contributed by atoms with Gasteiger partial charge in [-0.1, -0.05) is 0 Å². The Labute approximate surface area is 130 Å². The molecule has 1 N–H and O–H groups in total. The molecule has 6 nitrogen and oxygen atoms in total. The zero-order chi connectivity index (χ0) is 15.5. The van der Waals surface area contributed by atoms with Gasteiger partial charge in [0.2, 0.25) is 5.91 Å². The van der Waals surface area contributed by atoms with Crippen LogP contribution in [0, 0.1) is 12.8 Å². The Balaban J connectivity index is 1.56. The summed E-state index contributed by atoms with van der Waals surface area (Å²) >= 11 is 0. The predicted molar refractivity (Wildman–Crippen MR) is 83.6 cm³/mol. The fourth-order valence-corrected chi connectivity index (χ4v) is 3.48. The summed E-state index contributed by atoms with van der Waals surface area (Å²) in [6.45, 7) is 5.27. The molecule has 0 bridgehead atoms. The highest BCUT2D eigenvalue weighted by atomic mass is 16.2. The van der Waals surface area contributed by atoms with Gasteiger partial charge in [0, 0.05) is 19.2 Å². The van der Waals surface area contributed by atoms with E-state index in [1.165, 1.54) is 0 Å². The third-order valence-corrected chi connectivity index (χ3v) is 4.78. The fraction of sp³-hybridized carbons (Fsp3) is 0.688. The number of aryl methyl sites for hydroxylation is 1. The van der Waals surface area contributed by atoms with Crippen molar-refractivity contribution in [1.82, 2.24) is 20.0 Å². The summed E-state index contributed by atoms with van der Waals surface area (Å²) in [5.74, 6) is 0.649. The topological polar surface area (TPSA) is 67.2 Å². The van der Waals surface area contributed by atoms with E-state index in [2.05, 4.69) is 15.3 Å². The Hall–Kier alpha value is -1.69. The quantitative estimate of drug-likeness (QED) is 0.885. The Bertz CT molecular complexity index is 590. The number of likely N-dealkylation sites (tertiary alicyclic amines) is 1. The maximum atomic E-state index is 11.9. The molecule has 1 unspecified atom stereocenters. The zero-order valence-corrected chi connectivity index (χ0v) is 13.1. The van der Waals surface area contributed by atoms with Crippen LogP contribution < -0.4 is 10.9 Å². The number of aromatic nitrogens is 2. The lowest BCUT2D eigenvalue weighted by Gasteiger charge is -2.38. The molecule has 6 heteroatoms. The van der Waals surface area contributed by atoms with E-state index in [9.17, 15) is 9.59 Å². The molecule has 2 saturated heterocycles. The van der Waals surface area contributed by atoms with Crippen molar-refractivity contribution in [3.05, 3.63) is 28.2 Å². The van der Waals surface area contributed by atoms with E-state index in [0.29, 0.717) is 12.5 Å². The molecule has 0 radical (unpaired) electrons. The molecule has 1 atom stereocenters. The zero-order valence-electron chi connectivity index (χ0n) is 13.1. The van der Waals surface area contributed by atoms with Crippen molar-refractivity contribution in [3.8, 4) is 0 Å². The minimum Gasteiger partial charge on any atom is -0.355 e. The molecule has 2 aliphatic heterocycles. The van der Waals surface area contributed by atoms with Gasteiger partial charge in [0.25, 0.3) is 5.56 Å². The van der Waals surface area contributed by atoms with Gasteiger partial charge in [-0.25, -0.2) is 4.68 Å². The van der Waals surface area contributed by atoms with E-state index in [4.69, 9.17) is 0 Å². The van der Waals surface area contributed by atoms with Gasteiger partial charge in [-0.05, 0) is 57.7 Å². The SMILES string of the molecule is Cc1ccc(=O)n(CC2CCN(C3CCCNC3=O)CC2)n1. The molecule has 2 aliphatic rings. The van der Waals surface area contributed by atoms with Crippen LogP contribution in [-0.2, 0) is 11.3 Å². The maximum absolute atomic E-state index is 11.9. The largest absolute Gasteiger partial charge is 0.355 e. The Morgan fingerprint density at radius 1 is 1.23 bits per heavy atom. The van der Waals surface area contributed by atoms with Gasteiger partial charge in [0.15, 0.2) is 0 Å². The smallest absolute Gasteiger partial charge is 0.266 e. The van der Waals surface area contributed by atoms with Gasteiger partial charge in [-0.15, -0.1) is 0 Å². The van der Waals surface area contributed by atoms with Crippen LogP contribution in [0.1, 0.15) is 31.4 Å². The Morgan fingerprint density at radius 3 is 2.73 bits per heavy atom. The Kier molecular flexibility index (Phi) is 4.57. The average molecular weight is 304 g/mol. The lowest BCUT2D eigenvalue weighted by molar-refractivity contribution is -0.128. The lowest BCUT2D eigenvalue weighted by Crippen LogP contribution is -2.52. The first-order chi connectivity index (χ1) is 10.6. The number of hydrogen-bond donors (Lipinski definition) is 1. The van der Waals surface area contributed by atoms with Crippen LogP contribution >= 0.6 is 0 Å². The van der Waals surface area contributed by atoms with Crippen LogP contribution in [0.15, 0.2) is 16.9 Å². The van der Waals surface area contributed by atoms with Gasteiger partial charge in [0.1, 0.15) is 0 Å². The minimum absolute atomic E-state index is 0.0281. The highest BCUT2D eigenvalue weighted by Crippen LogP contribution is 2.22. The summed E-state index contributed by atoms with van der Waals surface area (Å²) in [7, 11) is 0. The van der Waals surface area contributed by atoms with Crippen LogP contribution in [0.3, 0.4) is 0 Å². The first-order valence-corrected chi connectivity index (χ1v) is 8.20. The fourth-order valence-electron chi connectivity index (χ4n) is 3.48. The van der Waals surface area contributed by atoms with Crippen molar-refractivity contribution in [2.75, 3.05) is 19.6 Å². The van der Waals surface area contributed by atoms with Crippen LogP contribution in [0.5, 0.6) is 0 Å². The van der Waals surface area contributed by atoms with Gasteiger partial charge in [0.05, 0.1) is 11.7 Å². The third kappa shape index (κ3) is 3.38. The van der Waals surface area contributed by atoms with Crippen LogP contribution in [0.25, 0.3) is 0 Å². The summed E-state index contributed by atoms with van der Waals surface area (Å²) in [5, 5.41) is 7.27. The van der Waals surface area contributed by atoms with Crippen molar-refractivity contribution >= 4 is 5.91 Å². The molecule has 1 amide bonds. The second-order valence-corrected chi connectivity index (χ2v) is 6.42. The van der Waals surface area contributed by atoms with Gasteiger partial charge in [-0.3, -0.25) is 14.5 Å². The molecule has 3 rings (SSSR count). The number of carbonyl (C=O) groups excluding carboxylic acids is 1. The van der Waals surface area contributed by atoms with Crippen LogP contribution in [0.4, 0.5) is 0 Å². The maximum Gasteiger partial charge on any atom is 0.266 e. The number of carbonyl (C=O) groups is 1. The minimum atomic E-state index is -0.0281. The normalized spacial score (nSPS) is 24.2. The number of hydrogen-bond acceptors (Lipinski definition) is 4. The lowest BCUT2D eigenvalue weighted by atomic mass is 9.94. The molecule has 120 valence electrons. The van der Waals surface area contributed by atoms with Gasteiger partial charge in [-0.2, -0.15) is 5.10 Å². The molecule has 0 saturated carbocycles. The van der Waals surface area contributed by atoms with Crippen molar-refractivity contribution in [3.63, 3.8) is 0 Å². The van der Waals surface area contributed by atoms with E-state index >= 15 is 0 Å². The van der Waals surface area contributed by atoms with Gasteiger partial charge >= 0.3 is 0 Å². The van der Waals surface area contributed by atoms with E-state index in [-0.39, 0.29) is 17.5 Å². The molecular weight excluding hydrogens is 280 g/mol. The number of amides is 1. The summed E-state index contributed by atoms with van der Waals surface area (Å²) in [4.78, 5) is 26.1. The number of nitrogens with one attached hydrogen (secondary N) is 1. The van der Waals surface area contributed by atoms with E-state index in [1.54, 1.807) is 16.8 Å². The molecule has 1 aromatic heterocycles. The van der Waals surface area contributed by atoms with Gasteiger partial charge < -0.3 is 5.32 Å². The number of piperidine rings is 2. The highest BCUT2D eigenvalue weighted by molar-refractivity contribution is 5.82. The monoisotopic (exact) mass is 304 g/mol. The molecule has 2 fully saturated rings. The standard InChI is InChI=1S/C16H24N4O2/c1-12-4-5-15(21)20(18-12)11-13-6-9-19(10-7-13)14-3-2-8-17-16(14)22/h4-5,13-14H,2-3,6-11H2,1H3,(H,17,22). The van der Waals surface area contributed by atoms with Crippen LogP contribution in [-0.4, -0.2) is 46.3 Å². The van der Waals surface area contributed by atoms with Crippen molar-refractivity contribution in [1.29, 1.82) is 0 Å². The van der Waals surface area contributed by atoms with Crippen molar-refractivity contribution in [2.24, 2.45) is 5.92 Å². The first-order valence-electron chi connectivity index (χ1n) is 8.20. The first kappa shape index (κ1) is 15.2. The molecule has 22 heavy (non-hydrogen) atoms. The molecule has 0 aliphatic carbocycles. The van der Waals surface area contributed by atoms with E-state index in [0.717, 1.165) is 51.0 Å². The average Bonchev–Trinajstić information content (AvgIpc) is 2.52.